The molecule has 0 spiro atoms. The molecule has 0 unspecified atom stereocenters. The van der Waals surface area contributed by atoms with E-state index in [-0.39, 0.29) is 22.9 Å². The molecule has 7 heteroatoms. The average molecular weight is 269 g/mol. The van der Waals surface area contributed by atoms with Crippen LogP contribution in [0, 0.1) is 0 Å². The zero-order valence-corrected chi connectivity index (χ0v) is 11.1. The van der Waals surface area contributed by atoms with Gasteiger partial charge in [-0.25, -0.2) is 13.2 Å². The second-order valence-electron chi connectivity index (χ2n) is 4.16. The first-order chi connectivity index (χ1) is 8.38. The number of nitrogens with zero attached hydrogens (tertiary/aromatic N) is 2. The van der Waals surface area contributed by atoms with Crippen LogP contribution >= 0.6 is 0 Å². The highest BCUT2D eigenvalue weighted by molar-refractivity contribution is 7.91. The van der Waals surface area contributed by atoms with E-state index in [0.717, 1.165) is 0 Å². The smallest absolute Gasteiger partial charge is 0.328 e. The van der Waals surface area contributed by atoms with Crippen molar-refractivity contribution >= 4 is 20.9 Å². The van der Waals surface area contributed by atoms with E-state index in [1.165, 1.54) is 21.3 Å². The predicted octanol–water partition coefficient (Wildman–Crippen LogP) is -0.391. The number of nitrogens with two attached hydrogens (primary N) is 1. The summed E-state index contributed by atoms with van der Waals surface area (Å²) in [6, 6.07) is 4.66. The van der Waals surface area contributed by atoms with E-state index < -0.39 is 9.84 Å². The largest absolute Gasteiger partial charge is 0.329 e. The number of hydrogen-bond donors (Lipinski definition) is 1. The summed E-state index contributed by atoms with van der Waals surface area (Å²) in [5, 5.41) is 0. The van der Waals surface area contributed by atoms with Crippen LogP contribution in [0.25, 0.3) is 11.0 Å². The number of imidazole rings is 1. The molecule has 1 heterocycles. The van der Waals surface area contributed by atoms with E-state index in [0.29, 0.717) is 11.0 Å². The van der Waals surface area contributed by atoms with Crippen LogP contribution in [-0.2, 0) is 23.9 Å². The van der Waals surface area contributed by atoms with E-state index in [2.05, 4.69) is 0 Å². The van der Waals surface area contributed by atoms with Crippen LogP contribution in [0.1, 0.15) is 0 Å². The van der Waals surface area contributed by atoms with E-state index in [4.69, 9.17) is 5.73 Å². The van der Waals surface area contributed by atoms with Crippen LogP contribution in [0.4, 0.5) is 0 Å². The van der Waals surface area contributed by atoms with Crippen LogP contribution in [0.15, 0.2) is 27.9 Å². The summed E-state index contributed by atoms with van der Waals surface area (Å²) < 4.78 is 26.7. The van der Waals surface area contributed by atoms with Gasteiger partial charge >= 0.3 is 5.69 Å². The number of rotatable bonds is 3. The number of fused-ring (bicyclic) bond motifs is 1. The molecule has 1 aromatic heterocycles. The lowest BCUT2D eigenvalue weighted by molar-refractivity contribution is 0.596. The molecule has 98 valence electrons. The Bertz CT molecular complexity index is 756. The summed E-state index contributed by atoms with van der Waals surface area (Å²) in [7, 11) is -0.105. The van der Waals surface area contributed by atoms with Gasteiger partial charge in [0, 0.05) is 20.6 Å². The van der Waals surface area contributed by atoms with Crippen molar-refractivity contribution in [2.75, 3.05) is 12.3 Å². The van der Waals surface area contributed by atoms with Crippen molar-refractivity contribution in [1.82, 2.24) is 9.13 Å². The first-order valence-electron chi connectivity index (χ1n) is 5.47. The van der Waals surface area contributed by atoms with Crippen molar-refractivity contribution in [2.24, 2.45) is 19.8 Å². The monoisotopic (exact) mass is 269 g/mol. The molecule has 2 rings (SSSR count). The standard InChI is InChI=1S/C11H15N3O3S/c1-13-9-4-3-8(18(16,17)6-5-12)7-10(9)14(2)11(13)15/h3-4,7H,5-6,12H2,1-2H3. The second-order valence-corrected chi connectivity index (χ2v) is 6.27. The van der Waals surface area contributed by atoms with Gasteiger partial charge in [-0.05, 0) is 18.2 Å². The van der Waals surface area contributed by atoms with Crippen molar-refractivity contribution < 1.29 is 8.42 Å². The van der Waals surface area contributed by atoms with Crippen LogP contribution < -0.4 is 11.4 Å². The van der Waals surface area contributed by atoms with E-state index in [9.17, 15) is 13.2 Å². The van der Waals surface area contributed by atoms with Crippen molar-refractivity contribution in [2.45, 2.75) is 4.90 Å². The lowest BCUT2D eigenvalue weighted by Gasteiger charge is -2.03. The van der Waals surface area contributed by atoms with Crippen LogP contribution in [-0.4, -0.2) is 29.8 Å². The average Bonchev–Trinajstić information content (AvgIpc) is 2.54. The Morgan fingerprint density at radius 1 is 1.17 bits per heavy atom. The summed E-state index contributed by atoms with van der Waals surface area (Å²) in [6.45, 7) is 0.0775. The molecule has 0 bridgehead atoms. The quantitative estimate of drug-likeness (QED) is 0.822. The summed E-state index contributed by atoms with van der Waals surface area (Å²) in [6.07, 6.45) is 0. The Labute approximate surface area is 105 Å². The number of sulfone groups is 1. The van der Waals surface area contributed by atoms with Crippen molar-refractivity contribution in [3.63, 3.8) is 0 Å². The lowest BCUT2D eigenvalue weighted by atomic mass is 10.3. The highest BCUT2D eigenvalue weighted by Gasteiger charge is 2.16. The molecule has 2 N–H and O–H groups in total. The Kier molecular flexibility index (Phi) is 3.04. The van der Waals surface area contributed by atoms with Crippen LogP contribution in [0.5, 0.6) is 0 Å². The molecule has 0 radical (unpaired) electrons. The van der Waals surface area contributed by atoms with Gasteiger partial charge in [0.2, 0.25) is 0 Å². The van der Waals surface area contributed by atoms with Crippen molar-refractivity contribution in [3.8, 4) is 0 Å². The minimum absolute atomic E-state index is 0.0775. The normalized spacial score (nSPS) is 12.2. The molecule has 0 amide bonds. The molecule has 0 atom stereocenters. The number of benzene rings is 1. The predicted molar refractivity (Wildman–Crippen MR) is 69.3 cm³/mol. The van der Waals surface area contributed by atoms with Gasteiger partial charge < -0.3 is 5.73 Å². The van der Waals surface area contributed by atoms with Gasteiger partial charge in [0.15, 0.2) is 9.84 Å². The first kappa shape index (κ1) is 12.8. The number of hydrogen-bond acceptors (Lipinski definition) is 4. The lowest BCUT2D eigenvalue weighted by Crippen LogP contribution is -2.19. The van der Waals surface area contributed by atoms with Gasteiger partial charge in [-0.1, -0.05) is 0 Å². The zero-order chi connectivity index (χ0) is 13.5. The summed E-state index contributed by atoms with van der Waals surface area (Å²) in [4.78, 5) is 11.9. The molecule has 0 fully saturated rings. The van der Waals surface area contributed by atoms with Crippen LogP contribution in [0.2, 0.25) is 0 Å². The maximum atomic E-state index is 11.9. The molecule has 0 aliphatic carbocycles. The van der Waals surface area contributed by atoms with E-state index in [1.54, 1.807) is 20.2 Å². The molecule has 6 nitrogen and oxygen atoms in total. The van der Waals surface area contributed by atoms with Gasteiger partial charge in [0.1, 0.15) is 0 Å². The molecular weight excluding hydrogens is 254 g/mol. The highest BCUT2D eigenvalue weighted by atomic mass is 32.2. The van der Waals surface area contributed by atoms with Crippen LogP contribution in [0.3, 0.4) is 0 Å². The van der Waals surface area contributed by atoms with E-state index in [1.807, 2.05) is 0 Å². The number of aromatic nitrogens is 2. The minimum atomic E-state index is -3.37. The highest BCUT2D eigenvalue weighted by Crippen LogP contribution is 2.18. The molecule has 0 saturated carbocycles. The van der Waals surface area contributed by atoms with E-state index >= 15 is 0 Å². The second kappa shape index (κ2) is 4.25. The molecule has 0 aliphatic heterocycles. The summed E-state index contributed by atoms with van der Waals surface area (Å²) >= 11 is 0. The fraction of sp³-hybridized carbons (Fsp3) is 0.364. The van der Waals surface area contributed by atoms with Gasteiger partial charge in [0.05, 0.1) is 21.7 Å². The summed E-state index contributed by atoms with van der Waals surface area (Å²) in [5.41, 5.74) is 6.40. The fourth-order valence-corrected chi connectivity index (χ4v) is 3.07. The number of aryl methyl sites for hydroxylation is 2. The molecule has 1 aromatic carbocycles. The van der Waals surface area contributed by atoms with Gasteiger partial charge in [-0.3, -0.25) is 9.13 Å². The Hall–Kier alpha value is -1.60. The van der Waals surface area contributed by atoms with Crippen molar-refractivity contribution in [3.05, 3.63) is 28.7 Å². The third-order valence-electron chi connectivity index (χ3n) is 2.99. The Morgan fingerprint density at radius 3 is 2.39 bits per heavy atom. The molecular formula is C11H15N3O3S. The fourth-order valence-electron chi connectivity index (χ4n) is 1.95. The summed E-state index contributed by atoms with van der Waals surface area (Å²) in [5.74, 6) is -0.0979. The Morgan fingerprint density at radius 2 is 1.78 bits per heavy atom. The van der Waals surface area contributed by atoms with Gasteiger partial charge in [0.25, 0.3) is 0 Å². The SMILES string of the molecule is Cn1c(=O)n(C)c2cc(S(=O)(=O)CCN)ccc21. The van der Waals surface area contributed by atoms with Crippen molar-refractivity contribution in [1.29, 1.82) is 0 Å². The maximum Gasteiger partial charge on any atom is 0.328 e. The molecule has 18 heavy (non-hydrogen) atoms. The molecule has 0 aliphatic rings. The first-order valence-corrected chi connectivity index (χ1v) is 7.12. The van der Waals surface area contributed by atoms with Gasteiger partial charge in [-0.2, -0.15) is 0 Å². The topological polar surface area (TPSA) is 87.1 Å². The molecule has 0 saturated heterocycles. The minimum Gasteiger partial charge on any atom is -0.329 e. The third kappa shape index (κ3) is 1.85. The maximum absolute atomic E-state index is 11.9. The third-order valence-corrected chi connectivity index (χ3v) is 4.73. The Balaban J connectivity index is 2.73. The zero-order valence-electron chi connectivity index (χ0n) is 10.3. The molecule has 2 aromatic rings. The van der Waals surface area contributed by atoms with Gasteiger partial charge in [-0.15, -0.1) is 0 Å².